The number of nitrogens with zero attached hydrogens (tertiary/aromatic N) is 2. The Hall–Kier alpha value is -1.83. The normalized spacial score (nSPS) is 11.7. The summed E-state index contributed by atoms with van der Waals surface area (Å²) in [6, 6.07) is 1.67. The summed E-state index contributed by atoms with van der Waals surface area (Å²) < 4.78 is 42.8. The Morgan fingerprint density at radius 3 is 2.55 bits per heavy atom. The third kappa shape index (κ3) is 4.69. The number of hydrogen-bond donors (Lipinski definition) is 1. The number of alkyl halides is 3. The molecule has 0 aliphatic carbocycles. The summed E-state index contributed by atoms with van der Waals surface area (Å²) >= 11 is 0. The van der Waals surface area contributed by atoms with Gasteiger partial charge in [0, 0.05) is 6.54 Å². The van der Waals surface area contributed by atoms with E-state index >= 15 is 0 Å². The van der Waals surface area contributed by atoms with Crippen molar-refractivity contribution in [1.29, 1.82) is 0 Å². The molecule has 1 amide bonds. The van der Waals surface area contributed by atoms with Gasteiger partial charge in [0.25, 0.3) is 5.91 Å². The highest BCUT2D eigenvalue weighted by atomic mass is 19.4. The van der Waals surface area contributed by atoms with Gasteiger partial charge in [0.1, 0.15) is 11.3 Å². The second kappa shape index (κ2) is 6.56. The van der Waals surface area contributed by atoms with Gasteiger partial charge in [-0.1, -0.05) is 0 Å². The van der Waals surface area contributed by atoms with Gasteiger partial charge in [-0.3, -0.25) is 4.79 Å². The molecule has 112 valence electrons. The number of amides is 1. The molecule has 5 nitrogen and oxygen atoms in total. The maximum absolute atomic E-state index is 12.6. The monoisotopic (exact) mass is 291 g/mol. The molecule has 0 spiro atoms. The van der Waals surface area contributed by atoms with Crippen LogP contribution in [0.5, 0.6) is 5.88 Å². The molecular weight excluding hydrogens is 275 g/mol. The molecule has 0 saturated heterocycles. The van der Waals surface area contributed by atoms with Crippen LogP contribution in [0.2, 0.25) is 0 Å². The second-order valence-electron chi connectivity index (χ2n) is 4.42. The van der Waals surface area contributed by atoms with E-state index in [9.17, 15) is 18.0 Å². The lowest BCUT2D eigenvalue weighted by Crippen LogP contribution is -2.19. The van der Waals surface area contributed by atoms with Crippen molar-refractivity contribution in [2.24, 2.45) is 5.73 Å². The molecule has 2 N–H and O–H groups in total. The Balaban J connectivity index is 2.87. The van der Waals surface area contributed by atoms with Gasteiger partial charge in [0.15, 0.2) is 0 Å². The van der Waals surface area contributed by atoms with Crippen LogP contribution in [0.1, 0.15) is 22.5 Å². The van der Waals surface area contributed by atoms with Crippen LogP contribution < -0.4 is 10.5 Å². The van der Waals surface area contributed by atoms with Gasteiger partial charge in [-0.2, -0.15) is 13.2 Å². The first-order valence-corrected chi connectivity index (χ1v) is 5.87. The Morgan fingerprint density at radius 2 is 2.05 bits per heavy atom. The first kappa shape index (κ1) is 16.2. The number of nitrogens with two attached hydrogens (primary N) is 1. The van der Waals surface area contributed by atoms with Crippen molar-refractivity contribution in [1.82, 2.24) is 9.88 Å². The smallest absolute Gasteiger partial charge is 0.433 e. The molecule has 0 bridgehead atoms. The fraction of sp³-hybridized carbons (Fsp3) is 0.500. The van der Waals surface area contributed by atoms with Crippen LogP contribution in [0.15, 0.2) is 12.1 Å². The molecular formula is C12H16F3N3O2. The number of aromatic nitrogens is 1. The van der Waals surface area contributed by atoms with E-state index in [0.29, 0.717) is 19.0 Å². The van der Waals surface area contributed by atoms with E-state index in [1.807, 2.05) is 19.0 Å². The summed E-state index contributed by atoms with van der Waals surface area (Å²) in [6.45, 7) is 0.845. The lowest BCUT2D eigenvalue weighted by atomic mass is 10.2. The number of carbonyl (C=O) groups excluding carboxylic acids is 1. The minimum Gasteiger partial charge on any atom is -0.477 e. The zero-order valence-electron chi connectivity index (χ0n) is 11.2. The summed E-state index contributed by atoms with van der Waals surface area (Å²) in [5, 5.41) is 0. The molecule has 1 aromatic heterocycles. The van der Waals surface area contributed by atoms with Gasteiger partial charge >= 0.3 is 6.18 Å². The summed E-state index contributed by atoms with van der Waals surface area (Å²) in [6.07, 6.45) is -4.01. The topological polar surface area (TPSA) is 68.4 Å². The van der Waals surface area contributed by atoms with Crippen molar-refractivity contribution >= 4 is 5.91 Å². The van der Waals surface area contributed by atoms with Crippen LogP contribution in [-0.4, -0.2) is 43.0 Å². The van der Waals surface area contributed by atoms with E-state index in [1.165, 1.54) is 0 Å². The molecule has 1 rings (SSSR count). The van der Waals surface area contributed by atoms with Crippen LogP contribution in [0, 0.1) is 0 Å². The average Bonchev–Trinajstić information content (AvgIpc) is 2.32. The van der Waals surface area contributed by atoms with E-state index in [-0.39, 0.29) is 18.1 Å². The lowest BCUT2D eigenvalue weighted by molar-refractivity contribution is -0.141. The van der Waals surface area contributed by atoms with E-state index in [2.05, 4.69) is 4.98 Å². The first-order chi connectivity index (χ1) is 9.21. The van der Waals surface area contributed by atoms with E-state index < -0.39 is 17.8 Å². The number of ether oxygens (including phenoxy) is 1. The molecule has 0 fully saturated rings. The van der Waals surface area contributed by atoms with Crippen LogP contribution in [0.3, 0.4) is 0 Å². The standard InChI is InChI=1S/C12H16F3N3O2/c1-18(2)6-3-7-20-11-8(10(16)19)4-5-9(17-11)12(13,14)15/h4-5H,3,6-7H2,1-2H3,(H2,16,19). The van der Waals surface area contributed by atoms with Crippen molar-refractivity contribution in [3.63, 3.8) is 0 Å². The molecule has 0 aliphatic rings. The van der Waals surface area contributed by atoms with Crippen molar-refractivity contribution < 1.29 is 22.7 Å². The molecule has 1 aromatic rings. The third-order valence-corrected chi connectivity index (χ3v) is 2.40. The van der Waals surface area contributed by atoms with Crippen molar-refractivity contribution in [3.05, 3.63) is 23.4 Å². The second-order valence-corrected chi connectivity index (χ2v) is 4.42. The fourth-order valence-corrected chi connectivity index (χ4v) is 1.45. The highest BCUT2D eigenvalue weighted by Gasteiger charge is 2.33. The quantitative estimate of drug-likeness (QED) is 0.807. The van der Waals surface area contributed by atoms with Crippen LogP contribution in [-0.2, 0) is 6.18 Å². The molecule has 0 aromatic carbocycles. The van der Waals surface area contributed by atoms with Gasteiger partial charge in [-0.25, -0.2) is 4.98 Å². The zero-order chi connectivity index (χ0) is 15.3. The summed E-state index contributed by atoms with van der Waals surface area (Å²) in [5.41, 5.74) is 3.79. The number of halogens is 3. The van der Waals surface area contributed by atoms with Gasteiger partial charge in [0.05, 0.1) is 6.61 Å². The van der Waals surface area contributed by atoms with Gasteiger partial charge in [-0.05, 0) is 32.6 Å². The molecule has 0 atom stereocenters. The number of carbonyl (C=O) groups is 1. The molecule has 0 saturated carbocycles. The Labute approximate surface area is 114 Å². The van der Waals surface area contributed by atoms with Crippen molar-refractivity contribution in [3.8, 4) is 5.88 Å². The van der Waals surface area contributed by atoms with E-state index in [0.717, 1.165) is 6.07 Å². The third-order valence-electron chi connectivity index (χ3n) is 2.40. The maximum atomic E-state index is 12.6. The SMILES string of the molecule is CN(C)CCCOc1nc(C(F)(F)F)ccc1C(N)=O. The molecule has 20 heavy (non-hydrogen) atoms. The van der Waals surface area contributed by atoms with Crippen LogP contribution in [0.25, 0.3) is 0 Å². The lowest BCUT2D eigenvalue weighted by Gasteiger charge is -2.13. The average molecular weight is 291 g/mol. The van der Waals surface area contributed by atoms with Crippen LogP contribution >= 0.6 is 0 Å². The van der Waals surface area contributed by atoms with Gasteiger partial charge in [0.2, 0.25) is 5.88 Å². The molecule has 0 aliphatic heterocycles. The predicted octanol–water partition coefficient (Wildman–Crippen LogP) is 1.53. The van der Waals surface area contributed by atoms with E-state index in [4.69, 9.17) is 10.5 Å². The molecule has 1 heterocycles. The number of pyridine rings is 1. The number of rotatable bonds is 6. The summed E-state index contributed by atoms with van der Waals surface area (Å²) in [4.78, 5) is 16.4. The van der Waals surface area contributed by atoms with Crippen LogP contribution in [0.4, 0.5) is 13.2 Å². The Bertz CT molecular complexity index is 476. The highest BCUT2D eigenvalue weighted by molar-refractivity contribution is 5.95. The highest BCUT2D eigenvalue weighted by Crippen LogP contribution is 2.30. The Morgan fingerprint density at radius 1 is 1.40 bits per heavy atom. The van der Waals surface area contributed by atoms with Crippen molar-refractivity contribution in [2.75, 3.05) is 27.2 Å². The first-order valence-electron chi connectivity index (χ1n) is 5.87. The van der Waals surface area contributed by atoms with Gasteiger partial charge in [-0.15, -0.1) is 0 Å². The zero-order valence-corrected chi connectivity index (χ0v) is 11.2. The molecule has 0 radical (unpaired) electrons. The van der Waals surface area contributed by atoms with Crippen molar-refractivity contribution in [2.45, 2.75) is 12.6 Å². The number of primary amides is 1. The fourth-order valence-electron chi connectivity index (χ4n) is 1.45. The number of hydrogen-bond acceptors (Lipinski definition) is 4. The van der Waals surface area contributed by atoms with E-state index in [1.54, 1.807) is 0 Å². The minimum atomic E-state index is -4.60. The molecule has 8 heteroatoms. The maximum Gasteiger partial charge on any atom is 0.433 e. The van der Waals surface area contributed by atoms with Gasteiger partial charge < -0.3 is 15.4 Å². The summed E-state index contributed by atoms with van der Waals surface area (Å²) in [5.74, 6) is -1.26. The molecule has 0 unspecified atom stereocenters. The summed E-state index contributed by atoms with van der Waals surface area (Å²) in [7, 11) is 3.72. The largest absolute Gasteiger partial charge is 0.477 e. The Kier molecular flexibility index (Phi) is 5.32. The predicted molar refractivity (Wildman–Crippen MR) is 66.4 cm³/mol. The minimum absolute atomic E-state index is 0.146.